The summed E-state index contributed by atoms with van der Waals surface area (Å²) in [5, 5.41) is 0. The van der Waals surface area contributed by atoms with Crippen LogP contribution >= 0.6 is 0 Å². The zero-order valence-electron chi connectivity index (χ0n) is 22.0. The van der Waals surface area contributed by atoms with Crippen molar-refractivity contribution in [2.45, 2.75) is 120 Å². The highest BCUT2D eigenvalue weighted by Crippen LogP contribution is 2.22. The average Bonchev–Trinajstić information content (AvgIpc) is 2.64. The molecule has 0 aromatic carbocycles. The molecule has 0 amide bonds. The van der Waals surface area contributed by atoms with Gasteiger partial charge in [-0.3, -0.25) is 0 Å². The molecular weight excluding hydrogens is 360 g/mol. The summed E-state index contributed by atoms with van der Waals surface area (Å²) in [6.07, 6.45) is 27.9. The Hall–Kier alpha value is 0. The van der Waals surface area contributed by atoms with Gasteiger partial charge in [0, 0.05) is 0 Å². The molecule has 0 rings (SSSR count). The second-order valence-corrected chi connectivity index (χ2v) is 10.7. The Labute approximate surface area is 193 Å². The van der Waals surface area contributed by atoms with E-state index in [0.717, 1.165) is 35.5 Å². The predicted molar refractivity (Wildman–Crippen MR) is 138 cm³/mol. The number of hydrogen-bond acceptors (Lipinski definition) is 0. The summed E-state index contributed by atoms with van der Waals surface area (Å²) >= 11 is 0. The molecule has 0 spiro atoms. The van der Waals surface area contributed by atoms with E-state index in [1.54, 1.807) is 0 Å². The summed E-state index contributed by atoms with van der Waals surface area (Å²) in [7, 11) is 0. The van der Waals surface area contributed by atoms with Crippen LogP contribution < -0.4 is 0 Å². The molecule has 182 valence electrons. The second-order valence-electron chi connectivity index (χ2n) is 10.7. The van der Waals surface area contributed by atoms with Crippen molar-refractivity contribution in [2.24, 2.45) is 35.5 Å². The molecule has 0 N–H and O–H groups in total. The molecule has 0 aromatic rings. The molecule has 0 heterocycles. The van der Waals surface area contributed by atoms with Gasteiger partial charge in [0.05, 0.1) is 0 Å². The smallest absolute Gasteiger partial charge is 0.0899 e. The normalized spacial score (nSPS) is 16.2. The van der Waals surface area contributed by atoms with Gasteiger partial charge in [0.2, 0.25) is 0 Å². The van der Waals surface area contributed by atoms with E-state index < -0.39 is 0 Å². The minimum Gasteiger partial charge on any atom is -0.328 e. The molecule has 0 nitrogen and oxygen atoms in total. The summed E-state index contributed by atoms with van der Waals surface area (Å²) in [6.45, 7) is 18.6. The molecular formula is C30H56-6. The van der Waals surface area contributed by atoms with Crippen LogP contribution in [-0.4, -0.2) is 0 Å². The minimum absolute atomic E-state index is 0.728. The third-order valence-electron chi connectivity index (χ3n) is 6.21. The van der Waals surface area contributed by atoms with E-state index in [-0.39, 0.29) is 0 Å². The van der Waals surface area contributed by atoms with Gasteiger partial charge >= 0.3 is 0 Å². The highest BCUT2D eigenvalue weighted by Gasteiger charge is 1.95. The van der Waals surface area contributed by atoms with E-state index in [1.165, 1.54) is 64.2 Å². The Morgan fingerprint density at radius 1 is 0.333 bits per heavy atom. The van der Waals surface area contributed by atoms with Crippen LogP contribution in [0.3, 0.4) is 0 Å². The number of unbranched alkanes of at least 4 members (excludes halogenated alkanes) is 1. The maximum atomic E-state index is 2.55. The first-order valence-electron chi connectivity index (χ1n) is 13.2. The van der Waals surface area contributed by atoms with E-state index >= 15 is 0 Å². The van der Waals surface area contributed by atoms with Gasteiger partial charge < -0.3 is 38.5 Å². The van der Waals surface area contributed by atoms with Crippen LogP contribution in [0.4, 0.5) is 0 Å². The molecule has 0 saturated heterocycles. The van der Waals surface area contributed by atoms with Crippen molar-refractivity contribution in [1.29, 1.82) is 0 Å². The molecule has 0 aliphatic rings. The molecule has 0 saturated carbocycles. The van der Waals surface area contributed by atoms with Crippen LogP contribution in [-0.2, 0) is 0 Å². The minimum atomic E-state index is 0.728. The lowest BCUT2D eigenvalue weighted by Gasteiger charge is -2.31. The van der Waals surface area contributed by atoms with Gasteiger partial charge in [0.1, 0.15) is 0 Å². The Morgan fingerprint density at radius 3 is 0.833 bits per heavy atom. The first kappa shape index (κ1) is 30.0. The van der Waals surface area contributed by atoms with Gasteiger partial charge in [0.15, 0.2) is 0 Å². The molecule has 0 aromatic heterocycles. The summed E-state index contributed by atoms with van der Waals surface area (Å²) in [6, 6.07) is 0. The molecule has 0 aliphatic heterocycles. The van der Waals surface area contributed by atoms with Gasteiger partial charge in [-0.05, 0) is 0 Å². The van der Waals surface area contributed by atoms with Gasteiger partial charge in [-0.1, -0.05) is 55.4 Å². The van der Waals surface area contributed by atoms with E-state index in [4.69, 9.17) is 0 Å². The number of rotatable bonds is 21. The largest absolute Gasteiger partial charge is 0.328 e. The van der Waals surface area contributed by atoms with Crippen LogP contribution in [0.15, 0.2) is 0 Å². The van der Waals surface area contributed by atoms with Gasteiger partial charge in [-0.25, -0.2) is 12.8 Å². The highest BCUT2D eigenvalue weighted by atomic mass is 14.1. The Bertz CT molecular complexity index is 308. The fourth-order valence-electron chi connectivity index (χ4n) is 3.91. The third kappa shape index (κ3) is 21.2. The zero-order valence-corrected chi connectivity index (χ0v) is 22.0. The van der Waals surface area contributed by atoms with E-state index in [0.29, 0.717) is 0 Å². The summed E-state index contributed by atoms with van der Waals surface area (Å²) < 4.78 is 0. The van der Waals surface area contributed by atoms with Crippen LogP contribution in [0.5, 0.6) is 0 Å². The summed E-state index contributed by atoms with van der Waals surface area (Å²) in [5.41, 5.74) is 0. The van der Waals surface area contributed by atoms with E-state index in [9.17, 15) is 0 Å². The first-order chi connectivity index (χ1) is 14.2. The van der Waals surface area contributed by atoms with Crippen LogP contribution in [0.2, 0.25) is 0 Å². The molecule has 0 radical (unpaired) electrons. The fourth-order valence-corrected chi connectivity index (χ4v) is 3.91. The van der Waals surface area contributed by atoms with E-state index in [2.05, 4.69) is 93.9 Å². The SMILES string of the molecule is CC(C)[CH-]CCC(C)[CH-]CCC(C)[CH-]CC[CH-]C(C)CC[CH-]C(C)CC[CH-]C(C)C. The van der Waals surface area contributed by atoms with Gasteiger partial charge in [-0.2, -0.15) is 61.2 Å². The zero-order chi connectivity index (χ0) is 22.8. The monoisotopic (exact) mass is 416 g/mol. The Morgan fingerprint density at radius 2 is 0.567 bits per heavy atom. The molecule has 0 bridgehead atoms. The van der Waals surface area contributed by atoms with Crippen molar-refractivity contribution in [3.8, 4) is 0 Å². The summed E-state index contributed by atoms with van der Waals surface area (Å²) in [5.74, 6) is 4.47. The quantitative estimate of drug-likeness (QED) is 0.129. The molecule has 4 atom stereocenters. The van der Waals surface area contributed by atoms with Gasteiger partial charge in [0.25, 0.3) is 0 Å². The Balaban J connectivity index is 3.54. The fraction of sp³-hybridized carbons (Fsp3) is 0.800. The second kappa shape index (κ2) is 19.7. The van der Waals surface area contributed by atoms with Crippen LogP contribution in [0.25, 0.3) is 0 Å². The van der Waals surface area contributed by atoms with Crippen molar-refractivity contribution >= 4 is 0 Å². The summed E-state index contributed by atoms with van der Waals surface area (Å²) in [4.78, 5) is 0. The highest BCUT2D eigenvalue weighted by molar-refractivity contribution is 4.84. The van der Waals surface area contributed by atoms with Crippen molar-refractivity contribution in [2.75, 3.05) is 0 Å². The average molecular weight is 417 g/mol. The maximum Gasteiger partial charge on any atom is -0.0899 e. The topological polar surface area (TPSA) is 0 Å². The molecule has 4 unspecified atom stereocenters. The van der Waals surface area contributed by atoms with Crippen LogP contribution in [0, 0.1) is 74.0 Å². The standard InChI is InChI=1S/C30H56/c1-25(2)15-11-19-29(7)23-13-21-27(5)17-9-10-18-28(6)22-14-24-30(8)20-12-16-26(3)4/h15-18,23-30H,9-14,19-22H2,1-8H3/q-6. The maximum absolute atomic E-state index is 2.55. The van der Waals surface area contributed by atoms with Crippen molar-refractivity contribution in [1.82, 2.24) is 0 Å². The van der Waals surface area contributed by atoms with Crippen molar-refractivity contribution in [3.63, 3.8) is 0 Å². The molecule has 0 heteroatoms. The first-order valence-corrected chi connectivity index (χ1v) is 13.2. The molecule has 30 heavy (non-hydrogen) atoms. The van der Waals surface area contributed by atoms with E-state index in [1.807, 2.05) is 0 Å². The molecule has 0 fully saturated rings. The lowest BCUT2D eigenvalue weighted by atomic mass is 9.90. The number of hydrogen-bond donors (Lipinski definition) is 0. The molecule has 0 aliphatic carbocycles. The van der Waals surface area contributed by atoms with Crippen molar-refractivity contribution < 1.29 is 0 Å². The Kier molecular flexibility index (Phi) is 19.7. The lowest BCUT2D eigenvalue weighted by Crippen LogP contribution is -2.03. The lowest BCUT2D eigenvalue weighted by molar-refractivity contribution is 0.501. The third-order valence-corrected chi connectivity index (χ3v) is 6.21. The van der Waals surface area contributed by atoms with Crippen molar-refractivity contribution in [3.05, 3.63) is 38.5 Å². The van der Waals surface area contributed by atoms with Gasteiger partial charge in [-0.15, -0.1) is 25.7 Å². The predicted octanol–water partition coefficient (Wildman–Crippen LogP) is 9.97. The van der Waals surface area contributed by atoms with Crippen LogP contribution in [0.1, 0.15) is 120 Å².